The molecule has 0 amide bonds. The lowest BCUT2D eigenvalue weighted by Gasteiger charge is -2.00. The average molecular weight is 250 g/mol. The summed E-state index contributed by atoms with van der Waals surface area (Å²) in [6, 6.07) is 15.1. The zero-order valence-corrected chi connectivity index (χ0v) is 8.88. The third-order valence-electron chi connectivity index (χ3n) is 1.92. The molecule has 0 aliphatic rings. The molecular formula is C12H7BrF. The van der Waals surface area contributed by atoms with E-state index in [-0.39, 0.29) is 5.82 Å². The molecule has 69 valence electrons. The van der Waals surface area contributed by atoms with E-state index < -0.39 is 0 Å². The predicted octanol–water partition coefficient (Wildman–Crippen LogP) is 4.06. The van der Waals surface area contributed by atoms with E-state index in [1.54, 1.807) is 6.07 Å². The molecule has 1 radical (unpaired) electrons. The van der Waals surface area contributed by atoms with Crippen LogP contribution in [-0.2, 0) is 0 Å². The lowest BCUT2D eigenvalue weighted by molar-refractivity contribution is 0.628. The van der Waals surface area contributed by atoms with Crippen LogP contribution in [0.4, 0.5) is 4.39 Å². The fourth-order valence-electron chi connectivity index (χ4n) is 1.23. The summed E-state index contributed by atoms with van der Waals surface area (Å²) < 4.78 is 13.9. The molecule has 0 atom stereocenters. The van der Waals surface area contributed by atoms with Crippen molar-refractivity contribution >= 4 is 15.9 Å². The molecule has 0 spiro atoms. The van der Waals surface area contributed by atoms with Crippen LogP contribution in [0, 0.1) is 11.9 Å². The van der Waals surface area contributed by atoms with E-state index in [9.17, 15) is 4.39 Å². The Balaban J connectivity index is 2.44. The molecule has 2 rings (SSSR count). The Morgan fingerprint density at radius 3 is 2.43 bits per heavy atom. The highest BCUT2D eigenvalue weighted by Crippen LogP contribution is 2.21. The van der Waals surface area contributed by atoms with E-state index in [1.165, 1.54) is 12.1 Å². The highest BCUT2D eigenvalue weighted by molar-refractivity contribution is 9.10. The van der Waals surface area contributed by atoms with Crippen molar-refractivity contribution in [2.45, 2.75) is 0 Å². The van der Waals surface area contributed by atoms with Gasteiger partial charge in [0.25, 0.3) is 0 Å². The van der Waals surface area contributed by atoms with Gasteiger partial charge in [-0.1, -0.05) is 34.1 Å². The highest BCUT2D eigenvalue weighted by atomic mass is 79.9. The highest BCUT2D eigenvalue weighted by Gasteiger charge is 1.98. The zero-order chi connectivity index (χ0) is 9.97. The lowest BCUT2D eigenvalue weighted by atomic mass is 10.1. The van der Waals surface area contributed by atoms with Crippen LogP contribution in [0.2, 0.25) is 0 Å². The van der Waals surface area contributed by atoms with Gasteiger partial charge >= 0.3 is 0 Å². The van der Waals surface area contributed by atoms with E-state index in [2.05, 4.69) is 22.0 Å². The number of halogens is 2. The fraction of sp³-hybridized carbons (Fsp3) is 0. The summed E-state index contributed by atoms with van der Waals surface area (Å²) in [6.45, 7) is 0. The second-order valence-corrected chi connectivity index (χ2v) is 3.84. The SMILES string of the molecule is Fc1cc[c]c(-c2ccc(Br)cc2)c1. The lowest BCUT2D eigenvalue weighted by Crippen LogP contribution is -1.79. The number of hydrogen-bond donors (Lipinski definition) is 0. The van der Waals surface area contributed by atoms with E-state index in [1.807, 2.05) is 24.3 Å². The van der Waals surface area contributed by atoms with Crippen LogP contribution < -0.4 is 0 Å². The van der Waals surface area contributed by atoms with Crippen molar-refractivity contribution in [3.05, 3.63) is 58.8 Å². The molecule has 2 aromatic carbocycles. The van der Waals surface area contributed by atoms with Gasteiger partial charge in [0.05, 0.1) is 0 Å². The Kier molecular flexibility index (Phi) is 2.64. The Labute approximate surface area is 90.5 Å². The van der Waals surface area contributed by atoms with Crippen molar-refractivity contribution in [1.82, 2.24) is 0 Å². The normalized spacial score (nSPS) is 10.1. The largest absolute Gasteiger partial charge is 0.207 e. The topological polar surface area (TPSA) is 0 Å². The van der Waals surface area contributed by atoms with E-state index in [4.69, 9.17) is 0 Å². The van der Waals surface area contributed by atoms with Gasteiger partial charge in [-0.3, -0.25) is 0 Å². The Bertz CT molecular complexity index is 434. The zero-order valence-electron chi connectivity index (χ0n) is 7.30. The predicted molar refractivity (Wildman–Crippen MR) is 58.4 cm³/mol. The van der Waals surface area contributed by atoms with Gasteiger partial charge in [-0.05, 0) is 41.5 Å². The van der Waals surface area contributed by atoms with Crippen LogP contribution in [0.25, 0.3) is 11.1 Å². The van der Waals surface area contributed by atoms with Crippen molar-refractivity contribution in [1.29, 1.82) is 0 Å². The molecule has 0 aromatic heterocycles. The minimum Gasteiger partial charge on any atom is -0.207 e. The van der Waals surface area contributed by atoms with Gasteiger partial charge in [0.1, 0.15) is 5.82 Å². The van der Waals surface area contributed by atoms with Crippen LogP contribution in [0.5, 0.6) is 0 Å². The van der Waals surface area contributed by atoms with Crippen LogP contribution in [-0.4, -0.2) is 0 Å². The van der Waals surface area contributed by atoms with Crippen LogP contribution >= 0.6 is 15.9 Å². The molecule has 0 fully saturated rings. The summed E-state index contributed by atoms with van der Waals surface area (Å²) >= 11 is 3.35. The molecule has 0 N–H and O–H groups in total. The van der Waals surface area contributed by atoms with Gasteiger partial charge in [-0.2, -0.15) is 0 Å². The molecule has 14 heavy (non-hydrogen) atoms. The Morgan fingerprint density at radius 2 is 1.79 bits per heavy atom. The standard InChI is InChI=1S/C12H7BrF/c13-11-6-4-9(5-7-11)10-2-1-3-12(14)8-10/h1,3-8H. The third-order valence-corrected chi connectivity index (χ3v) is 2.45. The van der Waals surface area contributed by atoms with E-state index in [0.29, 0.717) is 0 Å². The second-order valence-electron chi connectivity index (χ2n) is 2.93. The number of rotatable bonds is 1. The molecule has 0 unspecified atom stereocenters. The maximum atomic E-state index is 12.9. The van der Waals surface area contributed by atoms with Gasteiger partial charge in [0.2, 0.25) is 0 Å². The summed E-state index contributed by atoms with van der Waals surface area (Å²) in [5.41, 5.74) is 1.74. The molecule has 0 aliphatic carbocycles. The van der Waals surface area contributed by atoms with E-state index >= 15 is 0 Å². The fourth-order valence-corrected chi connectivity index (χ4v) is 1.50. The van der Waals surface area contributed by atoms with Crippen LogP contribution in [0.3, 0.4) is 0 Å². The van der Waals surface area contributed by atoms with E-state index in [0.717, 1.165) is 15.6 Å². The molecular weight excluding hydrogens is 243 g/mol. The van der Waals surface area contributed by atoms with Gasteiger partial charge in [0, 0.05) is 4.47 Å². The third kappa shape index (κ3) is 2.02. The van der Waals surface area contributed by atoms with Gasteiger partial charge < -0.3 is 0 Å². The molecule has 0 aliphatic heterocycles. The number of benzene rings is 2. The smallest absolute Gasteiger partial charge is 0.123 e. The second kappa shape index (κ2) is 3.93. The first-order valence-corrected chi connectivity index (χ1v) is 4.98. The minimum atomic E-state index is -0.235. The van der Waals surface area contributed by atoms with Gasteiger partial charge in [-0.25, -0.2) is 4.39 Å². The Morgan fingerprint density at radius 1 is 1.07 bits per heavy atom. The molecule has 0 saturated carbocycles. The average Bonchev–Trinajstić information content (AvgIpc) is 2.19. The summed E-state index contributed by atoms with van der Waals surface area (Å²) in [7, 11) is 0. The number of hydrogen-bond acceptors (Lipinski definition) is 0. The van der Waals surface area contributed by atoms with Gasteiger partial charge in [-0.15, -0.1) is 0 Å². The first-order chi connectivity index (χ1) is 6.75. The summed E-state index contributed by atoms with van der Waals surface area (Å²) in [5, 5.41) is 0. The molecule has 0 bridgehead atoms. The van der Waals surface area contributed by atoms with Crippen molar-refractivity contribution in [3.8, 4) is 11.1 Å². The summed E-state index contributed by atoms with van der Waals surface area (Å²) in [5.74, 6) is -0.235. The molecule has 0 saturated heterocycles. The minimum absolute atomic E-state index is 0.235. The summed E-state index contributed by atoms with van der Waals surface area (Å²) in [4.78, 5) is 0. The molecule has 0 nitrogen and oxygen atoms in total. The summed E-state index contributed by atoms with van der Waals surface area (Å²) in [6.07, 6.45) is 0. The van der Waals surface area contributed by atoms with Gasteiger partial charge in [0.15, 0.2) is 0 Å². The maximum Gasteiger partial charge on any atom is 0.123 e. The first-order valence-electron chi connectivity index (χ1n) is 4.19. The molecule has 2 aromatic rings. The molecule has 0 heterocycles. The first kappa shape index (κ1) is 9.41. The van der Waals surface area contributed by atoms with Crippen molar-refractivity contribution in [2.24, 2.45) is 0 Å². The van der Waals surface area contributed by atoms with Crippen LogP contribution in [0.1, 0.15) is 0 Å². The quantitative estimate of drug-likeness (QED) is 0.716. The molecule has 2 heteroatoms. The van der Waals surface area contributed by atoms with Crippen LogP contribution in [0.15, 0.2) is 46.9 Å². The maximum absolute atomic E-state index is 12.9. The Hall–Kier alpha value is -1.15. The van der Waals surface area contributed by atoms with Crippen molar-refractivity contribution < 1.29 is 4.39 Å². The van der Waals surface area contributed by atoms with Crippen molar-refractivity contribution in [3.63, 3.8) is 0 Å². The monoisotopic (exact) mass is 249 g/mol. The van der Waals surface area contributed by atoms with Crippen molar-refractivity contribution in [2.75, 3.05) is 0 Å².